The number of hydrogen-bond donors (Lipinski definition) is 0. The quantitative estimate of drug-likeness (QED) is 0.484. The van der Waals surface area contributed by atoms with Crippen molar-refractivity contribution in [2.24, 2.45) is 5.41 Å². The van der Waals surface area contributed by atoms with Crippen molar-refractivity contribution in [3.8, 4) is 0 Å². The molecule has 0 aliphatic carbocycles. The van der Waals surface area contributed by atoms with E-state index in [4.69, 9.17) is 0 Å². The number of rotatable bonds is 2. The monoisotopic (exact) mass is 218 g/mol. The van der Waals surface area contributed by atoms with Crippen molar-refractivity contribution in [3.63, 3.8) is 0 Å². The maximum atomic E-state index is 2.24. The Morgan fingerprint density at radius 1 is 0.667 bits per heavy atom. The van der Waals surface area contributed by atoms with Gasteiger partial charge in [0.15, 0.2) is 0 Å². The molecule has 0 fully saturated rings. The van der Waals surface area contributed by atoms with E-state index >= 15 is 0 Å². The van der Waals surface area contributed by atoms with Crippen molar-refractivity contribution in [3.05, 3.63) is 0 Å². The molecule has 0 radical (unpaired) electrons. The van der Waals surface area contributed by atoms with Gasteiger partial charge in [-0.2, -0.15) is 0 Å². The maximum Gasteiger partial charge on any atom is -0.0385 e. The van der Waals surface area contributed by atoms with Gasteiger partial charge in [-0.1, -0.05) is 94.9 Å². The lowest BCUT2D eigenvalue weighted by Crippen LogP contribution is -2.00. The van der Waals surface area contributed by atoms with Gasteiger partial charge in [-0.15, -0.1) is 0 Å². The zero-order chi connectivity index (χ0) is 13.3. The zero-order valence-electron chi connectivity index (χ0n) is 13.3. The summed E-state index contributed by atoms with van der Waals surface area (Å²) < 4.78 is 0. The summed E-state index contributed by atoms with van der Waals surface area (Å²) in [4.78, 5) is 0. The Bertz CT molecular complexity index is 54.9. The second-order valence-corrected chi connectivity index (χ2v) is 4.27. The summed E-state index contributed by atoms with van der Waals surface area (Å²) in [6.07, 6.45) is 5.35. The lowest BCUT2D eigenvalue weighted by atomic mass is 9.94. The molecule has 0 bridgehead atoms. The third kappa shape index (κ3) is 80.6. The van der Waals surface area contributed by atoms with Crippen LogP contribution in [0, 0.1) is 5.41 Å². The molecule has 0 amide bonds. The molecule has 0 saturated heterocycles. The first-order valence-corrected chi connectivity index (χ1v) is 6.97. The molecule has 0 aromatic rings. The van der Waals surface area contributed by atoms with Crippen LogP contribution in [0.3, 0.4) is 0 Å². The largest absolute Gasteiger partial charge is 0.0683 e. The smallest absolute Gasteiger partial charge is 0.0385 e. The van der Waals surface area contributed by atoms with E-state index in [0.717, 1.165) is 0 Å². The summed E-state index contributed by atoms with van der Waals surface area (Å²) in [6.45, 7) is 21.4. The van der Waals surface area contributed by atoms with Gasteiger partial charge in [0.2, 0.25) is 0 Å². The van der Waals surface area contributed by atoms with Gasteiger partial charge in [-0.3, -0.25) is 0 Å². The van der Waals surface area contributed by atoms with Gasteiger partial charge in [0.1, 0.15) is 0 Å². The van der Waals surface area contributed by atoms with Crippen molar-refractivity contribution in [1.82, 2.24) is 0 Å². The van der Waals surface area contributed by atoms with Crippen LogP contribution in [0.1, 0.15) is 94.9 Å². The highest BCUT2D eigenvalue weighted by atomic mass is 14.1. The molecule has 0 aliphatic rings. The van der Waals surface area contributed by atoms with Crippen molar-refractivity contribution in [2.45, 2.75) is 94.9 Å². The number of hydrogen-bond acceptors (Lipinski definition) is 0. The minimum Gasteiger partial charge on any atom is -0.0683 e. The Labute approximate surface area is 101 Å². The van der Waals surface area contributed by atoms with Crippen molar-refractivity contribution in [1.29, 1.82) is 0 Å². The fourth-order valence-corrected chi connectivity index (χ4v) is 0.354. The van der Waals surface area contributed by atoms with Crippen LogP contribution in [-0.4, -0.2) is 0 Å². The average molecular weight is 218 g/mol. The molecule has 15 heavy (non-hydrogen) atoms. The molecule has 0 spiro atoms. The van der Waals surface area contributed by atoms with Gasteiger partial charge in [-0.05, 0) is 5.41 Å². The molecule has 0 aliphatic heterocycles. The molecule has 0 heterocycles. The zero-order valence-corrected chi connectivity index (χ0v) is 13.3. The van der Waals surface area contributed by atoms with E-state index in [1.54, 1.807) is 0 Å². The summed E-state index contributed by atoms with van der Waals surface area (Å²) in [5.74, 6) is 0. The average Bonchev–Trinajstić information content (AvgIpc) is 2.25. The van der Waals surface area contributed by atoms with Crippen molar-refractivity contribution < 1.29 is 0 Å². The Hall–Kier alpha value is 0. The molecular formula is C15H38. The lowest BCUT2D eigenvalue weighted by molar-refractivity contribution is 0.398. The molecule has 0 rings (SSSR count). The maximum absolute atomic E-state index is 2.24. The highest BCUT2D eigenvalue weighted by Crippen LogP contribution is 2.16. The molecule has 0 aromatic carbocycles. The molecule has 98 valence electrons. The van der Waals surface area contributed by atoms with Gasteiger partial charge < -0.3 is 0 Å². The predicted octanol–water partition coefficient (Wildman–Crippen LogP) is 6.69. The number of unbranched alkanes of at least 4 members (excludes halogenated alkanes) is 2. The van der Waals surface area contributed by atoms with Crippen LogP contribution in [0.2, 0.25) is 0 Å². The van der Waals surface area contributed by atoms with Crippen LogP contribution >= 0.6 is 0 Å². The Morgan fingerprint density at radius 3 is 0.867 bits per heavy atom. The van der Waals surface area contributed by atoms with Crippen LogP contribution in [0.15, 0.2) is 0 Å². The van der Waals surface area contributed by atoms with Crippen LogP contribution < -0.4 is 0 Å². The third-order valence-electron chi connectivity index (χ3n) is 1.77. The summed E-state index contributed by atoms with van der Waals surface area (Å²) in [5, 5.41) is 0. The SMILES string of the molecule is CC.CC.CCC(C)(C)C.CCCCC. The fraction of sp³-hybridized carbons (Fsp3) is 1.00. The fourth-order valence-electron chi connectivity index (χ4n) is 0.354. The molecule has 0 atom stereocenters. The summed E-state index contributed by atoms with van der Waals surface area (Å²) in [7, 11) is 0. The first-order valence-electron chi connectivity index (χ1n) is 6.97. The Morgan fingerprint density at radius 2 is 0.867 bits per heavy atom. The van der Waals surface area contributed by atoms with Gasteiger partial charge in [0.25, 0.3) is 0 Å². The molecule has 0 unspecified atom stereocenters. The second kappa shape index (κ2) is 23.7. The molecular weight excluding hydrogens is 180 g/mol. The molecule has 0 heteroatoms. The van der Waals surface area contributed by atoms with Crippen LogP contribution in [0.5, 0.6) is 0 Å². The van der Waals surface area contributed by atoms with Crippen LogP contribution in [-0.2, 0) is 0 Å². The van der Waals surface area contributed by atoms with Gasteiger partial charge >= 0.3 is 0 Å². The van der Waals surface area contributed by atoms with Crippen LogP contribution in [0.25, 0.3) is 0 Å². The summed E-state index contributed by atoms with van der Waals surface area (Å²) in [5.41, 5.74) is 0.542. The highest BCUT2D eigenvalue weighted by Gasteiger charge is 2.03. The molecule has 0 N–H and O–H groups in total. The topological polar surface area (TPSA) is 0 Å². The van der Waals surface area contributed by atoms with Gasteiger partial charge in [-0.25, -0.2) is 0 Å². The predicted molar refractivity (Wildman–Crippen MR) is 77.6 cm³/mol. The molecule has 0 aromatic heterocycles. The molecule has 0 nitrogen and oxygen atoms in total. The summed E-state index contributed by atoms with van der Waals surface area (Å²) in [6, 6.07) is 0. The molecule has 0 saturated carbocycles. The normalized spacial score (nSPS) is 8.40. The minimum atomic E-state index is 0.542. The van der Waals surface area contributed by atoms with Crippen LogP contribution in [0.4, 0.5) is 0 Å². The van der Waals surface area contributed by atoms with Crippen molar-refractivity contribution in [2.75, 3.05) is 0 Å². The van der Waals surface area contributed by atoms with Crippen molar-refractivity contribution >= 4 is 0 Å². The van der Waals surface area contributed by atoms with E-state index in [1.807, 2.05) is 27.7 Å². The van der Waals surface area contributed by atoms with E-state index in [1.165, 1.54) is 25.7 Å². The third-order valence-corrected chi connectivity index (χ3v) is 1.77. The Kier molecular flexibility index (Phi) is 38.3. The summed E-state index contributed by atoms with van der Waals surface area (Å²) >= 11 is 0. The highest BCUT2D eigenvalue weighted by molar-refractivity contribution is 4.55. The van der Waals surface area contributed by atoms with Gasteiger partial charge in [0, 0.05) is 0 Å². The minimum absolute atomic E-state index is 0.542. The first-order chi connectivity index (χ1) is 6.97. The van der Waals surface area contributed by atoms with Gasteiger partial charge in [0.05, 0.1) is 0 Å². The first kappa shape index (κ1) is 24.3. The van der Waals surface area contributed by atoms with E-state index in [-0.39, 0.29) is 0 Å². The van der Waals surface area contributed by atoms with E-state index in [2.05, 4.69) is 41.5 Å². The standard InChI is InChI=1S/C6H14.C5H12.2C2H6/c1-5-6(2,3)4;1-3-5-4-2;2*1-2/h5H2,1-4H3;3-5H2,1-2H3;2*1-2H3. The van der Waals surface area contributed by atoms with E-state index in [0.29, 0.717) is 5.41 Å². The van der Waals surface area contributed by atoms with E-state index in [9.17, 15) is 0 Å². The second-order valence-electron chi connectivity index (χ2n) is 4.27. The lowest BCUT2D eigenvalue weighted by Gasteiger charge is -2.12. The van der Waals surface area contributed by atoms with E-state index < -0.39 is 0 Å². The Balaban J connectivity index is -0.0000000610.